The first-order chi connectivity index (χ1) is 14.1. The van der Waals surface area contributed by atoms with Crippen LogP contribution in [0.3, 0.4) is 0 Å². The van der Waals surface area contributed by atoms with E-state index in [1.54, 1.807) is 6.92 Å². The summed E-state index contributed by atoms with van der Waals surface area (Å²) in [6.07, 6.45) is 3.56. The molecule has 29 heavy (non-hydrogen) atoms. The third-order valence-electron chi connectivity index (χ3n) is 5.01. The summed E-state index contributed by atoms with van der Waals surface area (Å²) in [5.41, 5.74) is 3.16. The minimum absolute atomic E-state index is 0.298. The Labute approximate surface area is 181 Å². The lowest BCUT2D eigenvalue weighted by molar-refractivity contribution is -0.125. The molecule has 1 aromatic carbocycles. The molecule has 6 nitrogen and oxygen atoms in total. The Bertz CT molecular complexity index is 985. The van der Waals surface area contributed by atoms with Gasteiger partial charge in [0.2, 0.25) is 6.10 Å². The van der Waals surface area contributed by atoms with Crippen molar-refractivity contribution in [3.8, 4) is 0 Å². The molecule has 0 radical (unpaired) electrons. The highest BCUT2D eigenvalue weighted by atomic mass is 79.9. The van der Waals surface area contributed by atoms with Crippen LogP contribution in [0.4, 0.5) is 5.00 Å². The number of halogens is 1. The van der Waals surface area contributed by atoms with Gasteiger partial charge in [0.25, 0.3) is 5.91 Å². The number of benzene rings is 1. The molecule has 152 valence electrons. The van der Waals surface area contributed by atoms with Crippen molar-refractivity contribution in [2.75, 3.05) is 11.9 Å². The fourth-order valence-electron chi connectivity index (χ4n) is 3.62. The summed E-state index contributed by atoms with van der Waals surface area (Å²) < 4.78 is 6.18. The van der Waals surface area contributed by atoms with E-state index in [2.05, 4.69) is 26.4 Å². The number of anilines is 1. The van der Waals surface area contributed by atoms with Gasteiger partial charge in [0.1, 0.15) is 5.00 Å². The Morgan fingerprint density at radius 3 is 2.97 bits per heavy atom. The first-order valence-electron chi connectivity index (χ1n) is 9.68. The Kier molecular flexibility index (Phi) is 6.01. The van der Waals surface area contributed by atoms with Gasteiger partial charge in [0, 0.05) is 21.3 Å². The lowest BCUT2D eigenvalue weighted by Gasteiger charge is -2.13. The van der Waals surface area contributed by atoms with Crippen LogP contribution in [0.1, 0.15) is 52.5 Å². The van der Waals surface area contributed by atoms with Crippen molar-refractivity contribution in [3.05, 3.63) is 50.3 Å². The first-order valence-corrected chi connectivity index (χ1v) is 11.3. The lowest BCUT2D eigenvalue weighted by Crippen LogP contribution is -2.28. The second-order valence-electron chi connectivity index (χ2n) is 6.97. The number of fused-ring (bicyclic) bond motifs is 1. The van der Waals surface area contributed by atoms with Crippen molar-refractivity contribution in [2.45, 2.75) is 45.1 Å². The number of rotatable bonds is 5. The molecule has 1 aromatic heterocycles. The highest BCUT2D eigenvalue weighted by molar-refractivity contribution is 9.10. The quantitative estimate of drug-likeness (QED) is 0.634. The summed E-state index contributed by atoms with van der Waals surface area (Å²) in [6.45, 7) is 2.08. The number of nitrogens with one attached hydrogen (secondary N) is 1. The van der Waals surface area contributed by atoms with Crippen LogP contribution >= 0.6 is 27.3 Å². The molecule has 2 aliphatic rings. The number of oxime groups is 1. The van der Waals surface area contributed by atoms with Crippen LogP contribution in [-0.4, -0.2) is 30.3 Å². The predicted molar refractivity (Wildman–Crippen MR) is 116 cm³/mol. The van der Waals surface area contributed by atoms with Crippen molar-refractivity contribution < 1.29 is 19.2 Å². The van der Waals surface area contributed by atoms with Gasteiger partial charge in [-0.3, -0.25) is 4.79 Å². The van der Waals surface area contributed by atoms with Crippen LogP contribution in [0.5, 0.6) is 0 Å². The second kappa shape index (κ2) is 8.67. The summed E-state index contributed by atoms with van der Waals surface area (Å²) in [6, 6.07) is 7.71. The van der Waals surface area contributed by atoms with Gasteiger partial charge >= 0.3 is 5.97 Å². The number of carbonyl (C=O) groups excluding carboxylic acids is 2. The molecule has 4 rings (SSSR count). The maximum absolute atomic E-state index is 12.8. The molecule has 2 aromatic rings. The van der Waals surface area contributed by atoms with Gasteiger partial charge in [-0.1, -0.05) is 33.2 Å². The number of hydrogen-bond acceptors (Lipinski definition) is 6. The van der Waals surface area contributed by atoms with Crippen molar-refractivity contribution >= 4 is 49.9 Å². The molecule has 1 aliphatic carbocycles. The zero-order valence-corrected chi connectivity index (χ0v) is 18.4. The van der Waals surface area contributed by atoms with Gasteiger partial charge < -0.3 is 14.9 Å². The maximum atomic E-state index is 12.8. The fourth-order valence-corrected chi connectivity index (χ4v) is 5.30. The van der Waals surface area contributed by atoms with E-state index in [0.29, 0.717) is 23.6 Å². The molecule has 1 unspecified atom stereocenters. The van der Waals surface area contributed by atoms with Crippen LogP contribution in [0.25, 0.3) is 0 Å². The van der Waals surface area contributed by atoms with Crippen molar-refractivity contribution in [1.82, 2.24) is 0 Å². The number of aryl methyl sites for hydroxylation is 1. The molecule has 1 amide bonds. The van der Waals surface area contributed by atoms with E-state index in [9.17, 15) is 9.59 Å². The summed E-state index contributed by atoms with van der Waals surface area (Å²) in [7, 11) is 0. The number of ether oxygens (including phenoxy) is 1. The van der Waals surface area contributed by atoms with E-state index < -0.39 is 6.10 Å². The van der Waals surface area contributed by atoms with Gasteiger partial charge in [-0.05, 0) is 50.3 Å². The normalized spacial score (nSPS) is 17.9. The van der Waals surface area contributed by atoms with Crippen molar-refractivity contribution in [2.24, 2.45) is 5.16 Å². The summed E-state index contributed by atoms with van der Waals surface area (Å²) >= 11 is 4.91. The van der Waals surface area contributed by atoms with E-state index in [-0.39, 0.29) is 11.9 Å². The highest BCUT2D eigenvalue weighted by Gasteiger charge is 2.32. The van der Waals surface area contributed by atoms with E-state index >= 15 is 0 Å². The van der Waals surface area contributed by atoms with E-state index in [1.165, 1.54) is 11.3 Å². The third-order valence-corrected chi connectivity index (χ3v) is 6.71. The molecule has 0 saturated carbocycles. The van der Waals surface area contributed by atoms with E-state index in [0.717, 1.165) is 51.9 Å². The van der Waals surface area contributed by atoms with Crippen LogP contribution < -0.4 is 5.32 Å². The Morgan fingerprint density at radius 2 is 2.17 bits per heavy atom. The standard InChI is InChI=1S/C21H21BrN2O4S/c1-2-27-21(26)18-14-8-3-4-9-17(14)29-20(18)23-19(25)16-11-15(24-28-16)12-6-5-7-13(22)10-12/h5-7,10,16H,2-4,8-9,11H2,1H3,(H,23,25). The molecule has 2 heterocycles. The molecule has 0 spiro atoms. The minimum Gasteiger partial charge on any atom is -0.462 e. The SMILES string of the molecule is CCOC(=O)c1c(NC(=O)C2CC(c3cccc(Br)c3)=NO2)sc2c1CCCC2. The summed E-state index contributed by atoms with van der Waals surface area (Å²) in [4.78, 5) is 31.9. The van der Waals surface area contributed by atoms with E-state index in [1.807, 2.05) is 24.3 Å². The number of nitrogens with zero attached hydrogens (tertiary/aromatic N) is 1. The second-order valence-corrected chi connectivity index (χ2v) is 8.99. The Morgan fingerprint density at radius 1 is 1.34 bits per heavy atom. The van der Waals surface area contributed by atoms with Gasteiger partial charge in [-0.15, -0.1) is 11.3 Å². The van der Waals surface area contributed by atoms with Crippen LogP contribution in [-0.2, 0) is 27.2 Å². The zero-order chi connectivity index (χ0) is 20.4. The number of carbonyl (C=O) groups is 2. The molecule has 0 saturated heterocycles. The predicted octanol–water partition coefficient (Wildman–Crippen LogP) is 4.70. The van der Waals surface area contributed by atoms with Crippen LogP contribution in [0, 0.1) is 0 Å². The summed E-state index contributed by atoms with van der Waals surface area (Å²) in [5.74, 6) is -0.677. The zero-order valence-electron chi connectivity index (χ0n) is 16.0. The highest BCUT2D eigenvalue weighted by Crippen LogP contribution is 2.39. The smallest absolute Gasteiger partial charge is 0.341 e. The molecule has 1 N–H and O–H groups in total. The van der Waals surface area contributed by atoms with Gasteiger partial charge in [-0.2, -0.15) is 0 Å². The molecule has 0 fully saturated rings. The first kappa shape index (κ1) is 20.1. The summed E-state index contributed by atoms with van der Waals surface area (Å²) in [5, 5.41) is 7.55. The Balaban J connectivity index is 1.50. The monoisotopic (exact) mass is 476 g/mol. The van der Waals surface area contributed by atoms with Crippen LogP contribution in [0.2, 0.25) is 0 Å². The number of hydrogen-bond donors (Lipinski definition) is 1. The molecule has 1 aliphatic heterocycles. The molecule has 0 bridgehead atoms. The largest absolute Gasteiger partial charge is 0.462 e. The lowest BCUT2D eigenvalue weighted by atomic mass is 9.95. The Hall–Kier alpha value is -2.19. The molecule has 1 atom stereocenters. The van der Waals surface area contributed by atoms with Crippen LogP contribution in [0.15, 0.2) is 33.9 Å². The average Bonchev–Trinajstić information content (AvgIpc) is 3.33. The van der Waals surface area contributed by atoms with Gasteiger partial charge in [0.15, 0.2) is 0 Å². The fraction of sp³-hybridized carbons (Fsp3) is 0.381. The van der Waals surface area contributed by atoms with Gasteiger partial charge in [0.05, 0.1) is 17.9 Å². The van der Waals surface area contributed by atoms with Gasteiger partial charge in [-0.25, -0.2) is 4.79 Å². The maximum Gasteiger partial charge on any atom is 0.341 e. The topological polar surface area (TPSA) is 77.0 Å². The number of esters is 1. The molecular weight excluding hydrogens is 456 g/mol. The third kappa shape index (κ3) is 4.23. The average molecular weight is 477 g/mol. The minimum atomic E-state index is -0.724. The molecule has 8 heteroatoms. The number of thiophene rings is 1. The van der Waals surface area contributed by atoms with E-state index in [4.69, 9.17) is 9.57 Å². The van der Waals surface area contributed by atoms with Crippen molar-refractivity contribution in [3.63, 3.8) is 0 Å². The number of amides is 1. The molecular formula is C21H21BrN2O4S. The van der Waals surface area contributed by atoms with Crippen molar-refractivity contribution in [1.29, 1.82) is 0 Å².